The number of carbonyl (C=O) groups excluding carboxylic acids is 1. The average Bonchev–Trinajstić information content (AvgIpc) is 3.01. The lowest BCUT2D eigenvalue weighted by molar-refractivity contribution is -0.131. The number of piperazine rings is 1. The van der Waals surface area contributed by atoms with E-state index < -0.39 is 0 Å². The van der Waals surface area contributed by atoms with E-state index in [1.807, 2.05) is 4.90 Å². The fourth-order valence-corrected chi connectivity index (χ4v) is 3.14. The highest BCUT2D eigenvalue weighted by molar-refractivity contribution is 5.85. The summed E-state index contributed by atoms with van der Waals surface area (Å²) in [6.45, 7) is 4.17. The highest BCUT2D eigenvalue weighted by atomic mass is 35.5. The van der Waals surface area contributed by atoms with Gasteiger partial charge in [-0.1, -0.05) is 0 Å². The molecule has 0 aromatic heterocycles. The van der Waals surface area contributed by atoms with Gasteiger partial charge >= 0.3 is 0 Å². The molecule has 0 aliphatic carbocycles. The van der Waals surface area contributed by atoms with E-state index in [-0.39, 0.29) is 36.5 Å². The van der Waals surface area contributed by atoms with Crippen molar-refractivity contribution in [3.8, 4) is 0 Å². The van der Waals surface area contributed by atoms with Crippen molar-refractivity contribution in [3.05, 3.63) is 30.1 Å². The molecule has 1 amide bonds. The standard InChI is InChI=1S/C16H22FN3O.2ClH/c17-13-3-5-15(6-4-13)19-8-10-20(11-9-19)16(21)12-14-2-1-7-18-14;;/h3-6,14,18H,1-2,7-12H2;2*1H. The molecular weight excluding hydrogens is 340 g/mol. The van der Waals surface area contributed by atoms with E-state index in [4.69, 9.17) is 0 Å². The van der Waals surface area contributed by atoms with Crippen molar-refractivity contribution in [3.63, 3.8) is 0 Å². The largest absolute Gasteiger partial charge is 0.368 e. The summed E-state index contributed by atoms with van der Waals surface area (Å²) >= 11 is 0. The van der Waals surface area contributed by atoms with Crippen LogP contribution in [-0.2, 0) is 4.79 Å². The zero-order chi connectivity index (χ0) is 14.7. The Labute approximate surface area is 149 Å². The molecule has 2 aliphatic heterocycles. The second-order valence-corrected chi connectivity index (χ2v) is 5.84. The number of hydrogen-bond donors (Lipinski definition) is 1. The molecule has 0 radical (unpaired) electrons. The molecule has 4 nitrogen and oxygen atoms in total. The fraction of sp³-hybridized carbons (Fsp3) is 0.562. The molecule has 1 aromatic carbocycles. The van der Waals surface area contributed by atoms with Gasteiger partial charge in [0.05, 0.1) is 0 Å². The first kappa shape index (κ1) is 20.0. The van der Waals surface area contributed by atoms with Crippen molar-refractivity contribution in [1.82, 2.24) is 10.2 Å². The number of rotatable bonds is 3. The third-order valence-electron chi connectivity index (χ3n) is 4.41. The third-order valence-corrected chi connectivity index (χ3v) is 4.41. The highest BCUT2D eigenvalue weighted by Gasteiger charge is 2.24. The van der Waals surface area contributed by atoms with Gasteiger partial charge in [-0.15, -0.1) is 24.8 Å². The number of hydrogen-bond acceptors (Lipinski definition) is 3. The van der Waals surface area contributed by atoms with Gasteiger partial charge in [-0.25, -0.2) is 4.39 Å². The molecule has 0 spiro atoms. The van der Waals surface area contributed by atoms with E-state index in [1.165, 1.54) is 18.6 Å². The van der Waals surface area contributed by atoms with Crippen LogP contribution in [0.2, 0.25) is 0 Å². The Hall–Kier alpha value is -1.04. The van der Waals surface area contributed by atoms with Crippen LogP contribution in [-0.4, -0.2) is 49.6 Å². The predicted molar refractivity (Wildman–Crippen MR) is 95.3 cm³/mol. The molecule has 1 unspecified atom stereocenters. The van der Waals surface area contributed by atoms with Crippen LogP contribution in [0, 0.1) is 5.82 Å². The van der Waals surface area contributed by atoms with E-state index in [0.29, 0.717) is 12.5 Å². The predicted octanol–water partition coefficient (Wildman–Crippen LogP) is 2.46. The van der Waals surface area contributed by atoms with E-state index in [9.17, 15) is 9.18 Å². The van der Waals surface area contributed by atoms with Crippen molar-refractivity contribution < 1.29 is 9.18 Å². The maximum absolute atomic E-state index is 12.9. The molecular formula is C16H24Cl2FN3O. The average molecular weight is 364 g/mol. The maximum Gasteiger partial charge on any atom is 0.224 e. The van der Waals surface area contributed by atoms with Gasteiger partial charge in [0.1, 0.15) is 5.82 Å². The summed E-state index contributed by atoms with van der Waals surface area (Å²) < 4.78 is 12.9. The lowest BCUT2D eigenvalue weighted by atomic mass is 10.1. The molecule has 23 heavy (non-hydrogen) atoms. The topological polar surface area (TPSA) is 35.6 Å². The first-order chi connectivity index (χ1) is 10.2. The molecule has 0 bridgehead atoms. The Balaban J connectivity index is 0.00000132. The zero-order valence-corrected chi connectivity index (χ0v) is 14.7. The van der Waals surface area contributed by atoms with Gasteiger partial charge in [0, 0.05) is 44.3 Å². The van der Waals surface area contributed by atoms with Crippen LogP contribution in [0.3, 0.4) is 0 Å². The molecule has 2 heterocycles. The Morgan fingerprint density at radius 1 is 1.13 bits per heavy atom. The molecule has 2 saturated heterocycles. The minimum atomic E-state index is -0.211. The van der Waals surface area contributed by atoms with Gasteiger partial charge in [0.2, 0.25) is 5.91 Å². The van der Waals surface area contributed by atoms with Crippen molar-refractivity contribution in [1.29, 1.82) is 0 Å². The summed E-state index contributed by atoms with van der Waals surface area (Å²) in [5, 5.41) is 3.37. The monoisotopic (exact) mass is 363 g/mol. The SMILES string of the molecule is Cl.Cl.O=C(CC1CCCN1)N1CCN(c2ccc(F)cc2)CC1. The van der Waals surface area contributed by atoms with E-state index in [2.05, 4.69) is 10.2 Å². The van der Waals surface area contributed by atoms with Crippen LogP contribution < -0.4 is 10.2 Å². The van der Waals surface area contributed by atoms with E-state index in [1.54, 1.807) is 12.1 Å². The summed E-state index contributed by atoms with van der Waals surface area (Å²) in [5.74, 6) is 0.0461. The number of amides is 1. The van der Waals surface area contributed by atoms with Crippen molar-refractivity contribution >= 4 is 36.4 Å². The van der Waals surface area contributed by atoms with Crippen LogP contribution in [0.4, 0.5) is 10.1 Å². The lowest BCUT2D eigenvalue weighted by Gasteiger charge is -2.36. The number of anilines is 1. The number of benzene rings is 1. The third kappa shape index (κ3) is 5.23. The second kappa shape index (κ2) is 9.30. The molecule has 7 heteroatoms. The summed E-state index contributed by atoms with van der Waals surface area (Å²) in [6, 6.07) is 6.94. The molecule has 1 atom stereocenters. The molecule has 1 aromatic rings. The smallest absolute Gasteiger partial charge is 0.224 e. The lowest BCUT2D eigenvalue weighted by Crippen LogP contribution is -2.49. The van der Waals surface area contributed by atoms with Gasteiger partial charge in [-0.3, -0.25) is 4.79 Å². The molecule has 2 fully saturated rings. The van der Waals surface area contributed by atoms with Gasteiger partial charge < -0.3 is 15.1 Å². The highest BCUT2D eigenvalue weighted by Crippen LogP contribution is 2.18. The number of halogens is 3. The van der Waals surface area contributed by atoms with Crippen LogP contribution in [0.5, 0.6) is 0 Å². The van der Waals surface area contributed by atoms with Gasteiger partial charge in [-0.05, 0) is 43.7 Å². The summed E-state index contributed by atoms with van der Waals surface area (Å²) in [4.78, 5) is 16.4. The van der Waals surface area contributed by atoms with E-state index in [0.717, 1.165) is 44.8 Å². The quantitative estimate of drug-likeness (QED) is 0.895. The molecule has 3 rings (SSSR count). The number of nitrogens with zero attached hydrogens (tertiary/aromatic N) is 2. The Morgan fingerprint density at radius 2 is 1.78 bits per heavy atom. The van der Waals surface area contributed by atoms with Crippen LogP contribution in [0.1, 0.15) is 19.3 Å². The summed E-state index contributed by atoms with van der Waals surface area (Å²) in [6.07, 6.45) is 2.91. The van der Waals surface area contributed by atoms with Crippen LogP contribution in [0.15, 0.2) is 24.3 Å². The Bertz CT molecular complexity index is 487. The van der Waals surface area contributed by atoms with Gasteiger partial charge in [-0.2, -0.15) is 0 Å². The molecule has 0 saturated carbocycles. The fourth-order valence-electron chi connectivity index (χ4n) is 3.14. The number of nitrogens with one attached hydrogen (secondary N) is 1. The molecule has 2 aliphatic rings. The zero-order valence-electron chi connectivity index (χ0n) is 13.0. The number of carbonyl (C=O) groups is 1. The van der Waals surface area contributed by atoms with E-state index >= 15 is 0 Å². The first-order valence-corrected chi connectivity index (χ1v) is 7.74. The normalized spacial score (nSPS) is 20.7. The first-order valence-electron chi connectivity index (χ1n) is 7.74. The maximum atomic E-state index is 12.9. The van der Waals surface area contributed by atoms with Crippen molar-refractivity contribution in [2.75, 3.05) is 37.6 Å². The summed E-state index contributed by atoms with van der Waals surface area (Å²) in [7, 11) is 0. The Kier molecular flexibility index (Phi) is 8.09. The van der Waals surface area contributed by atoms with Gasteiger partial charge in [0.25, 0.3) is 0 Å². The minimum Gasteiger partial charge on any atom is -0.368 e. The second-order valence-electron chi connectivity index (χ2n) is 5.84. The van der Waals surface area contributed by atoms with Crippen LogP contribution >= 0.6 is 24.8 Å². The molecule has 1 N–H and O–H groups in total. The molecule has 130 valence electrons. The van der Waals surface area contributed by atoms with Crippen molar-refractivity contribution in [2.45, 2.75) is 25.3 Å². The van der Waals surface area contributed by atoms with Gasteiger partial charge in [0.15, 0.2) is 0 Å². The van der Waals surface area contributed by atoms with Crippen LogP contribution in [0.25, 0.3) is 0 Å². The summed E-state index contributed by atoms with van der Waals surface area (Å²) in [5.41, 5.74) is 1.03. The van der Waals surface area contributed by atoms with Crippen molar-refractivity contribution in [2.24, 2.45) is 0 Å². The Morgan fingerprint density at radius 3 is 2.35 bits per heavy atom. The minimum absolute atomic E-state index is 0.